The Labute approximate surface area is 300 Å². The second-order valence-corrected chi connectivity index (χ2v) is 15.7. The first kappa shape index (κ1) is 33.2. The lowest BCUT2D eigenvalue weighted by Crippen LogP contribution is -2.29. The van der Waals surface area contributed by atoms with Crippen molar-refractivity contribution >= 4 is 54.2 Å². The van der Waals surface area contributed by atoms with Crippen LogP contribution in [0.5, 0.6) is 11.5 Å². The Kier molecular flexibility index (Phi) is 7.89. The van der Waals surface area contributed by atoms with Gasteiger partial charge < -0.3 is 19.0 Å². The Balaban J connectivity index is 1.36. The highest BCUT2D eigenvalue weighted by Gasteiger charge is 2.47. The molecule has 0 fully saturated rings. The molecular weight excluding hydrogens is 701 g/mol. The summed E-state index contributed by atoms with van der Waals surface area (Å²) in [6.07, 6.45) is 0. The molecule has 0 atom stereocenters. The topological polar surface area (TPSA) is 145 Å². The summed E-state index contributed by atoms with van der Waals surface area (Å²) in [5.41, 5.74) is 5.60. The minimum atomic E-state index is -4.46. The molecule has 0 unspecified atom stereocenters. The lowest BCUT2D eigenvalue weighted by molar-refractivity contribution is -0.115. The van der Waals surface area contributed by atoms with Crippen molar-refractivity contribution in [2.45, 2.75) is 35.5 Å². The van der Waals surface area contributed by atoms with Crippen molar-refractivity contribution in [2.75, 3.05) is 10.6 Å². The Morgan fingerprint density at radius 1 is 0.481 bits per heavy atom. The molecule has 9 rings (SSSR count). The van der Waals surface area contributed by atoms with Crippen molar-refractivity contribution < 1.29 is 34.8 Å². The second kappa shape index (κ2) is 12.4. The lowest BCUT2D eigenvalue weighted by atomic mass is 9.60. The number of rotatable bonds is 8. The third kappa shape index (κ3) is 5.56. The van der Waals surface area contributed by atoms with E-state index in [1.165, 1.54) is 62.4 Å². The molecule has 0 heterocycles. The molecule has 0 aliphatic heterocycles. The summed E-state index contributed by atoms with van der Waals surface area (Å²) in [5, 5.41) is 5.94. The van der Waals surface area contributed by atoms with E-state index in [9.17, 15) is 26.4 Å². The number of anilines is 2. The van der Waals surface area contributed by atoms with E-state index in [2.05, 4.69) is 10.6 Å². The van der Waals surface area contributed by atoms with E-state index in [1.807, 2.05) is 48.5 Å². The number of benzene rings is 6. The van der Waals surface area contributed by atoms with Crippen LogP contribution >= 0.6 is 0 Å². The molecule has 2 N–H and O–H groups in total. The highest BCUT2D eigenvalue weighted by atomic mass is 32.2. The summed E-state index contributed by atoms with van der Waals surface area (Å²) < 4.78 is 68.7. The quantitative estimate of drug-likeness (QED) is 0.155. The molecule has 6 aromatic carbocycles. The Morgan fingerprint density at radius 2 is 0.788 bits per heavy atom. The number of nitrogens with one attached hydrogen (secondary N) is 2. The summed E-state index contributed by atoms with van der Waals surface area (Å²) in [6.45, 7) is 2.71. The molecule has 0 radical (unpaired) electrons. The summed E-state index contributed by atoms with van der Waals surface area (Å²) >= 11 is 0. The van der Waals surface area contributed by atoms with E-state index in [0.717, 1.165) is 22.3 Å². The van der Waals surface area contributed by atoms with Crippen molar-refractivity contribution in [1.82, 2.24) is 0 Å². The first-order valence-electron chi connectivity index (χ1n) is 16.3. The third-order valence-corrected chi connectivity index (χ3v) is 11.8. The zero-order valence-corrected chi connectivity index (χ0v) is 29.4. The van der Waals surface area contributed by atoms with Crippen LogP contribution in [0.1, 0.15) is 59.1 Å². The van der Waals surface area contributed by atoms with Crippen molar-refractivity contribution in [1.29, 1.82) is 0 Å². The number of carbonyl (C=O) groups is 2. The van der Waals surface area contributed by atoms with E-state index in [0.29, 0.717) is 33.3 Å². The van der Waals surface area contributed by atoms with Gasteiger partial charge >= 0.3 is 20.2 Å². The van der Waals surface area contributed by atoms with Crippen molar-refractivity contribution in [2.24, 2.45) is 0 Å². The SMILES string of the molecule is CC(=O)Nc1ccc(S(=O)(=O)Oc2c3c(c(OS(=O)(=O)c4ccc(NC(C)=O)cc4)c4ccccc24)C2c4ccccc4C3c3ccccc32)cc1. The van der Waals surface area contributed by atoms with Gasteiger partial charge in [0.1, 0.15) is 9.79 Å². The lowest BCUT2D eigenvalue weighted by Gasteiger charge is -2.43. The number of amides is 2. The maximum atomic E-state index is 14.1. The zero-order valence-electron chi connectivity index (χ0n) is 27.8. The van der Waals surface area contributed by atoms with E-state index >= 15 is 0 Å². The van der Waals surface area contributed by atoms with Crippen LogP contribution in [0.2, 0.25) is 0 Å². The molecule has 0 aromatic heterocycles. The summed E-state index contributed by atoms with van der Waals surface area (Å²) in [5.74, 6) is -1.50. The Hall–Kier alpha value is -5.98. The monoisotopic (exact) mass is 730 g/mol. The van der Waals surface area contributed by atoms with E-state index in [4.69, 9.17) is 8.37 Å². The first-order chi connectivity index (χ1) is 24.9. The average Bonchev–Trinajstić information content (AvgIpc) is 3.12. The van der Waals surface area contributed by atoms with Crippen LogP contribution in [0.4, 0.5) is 11.4 Å². The number of hydrogen-bond acceptors (Lipinski definition) is 8. The van der Waals surface area contributed by atoms with Gasteiger partial charge in [-0.3, -0.25) is 9.59 Å². The van der Waals surface area contributed by atoms with Crippen molar-refractivity contribution in [3.8, 4) is 11.5 Å². The van der Waals surface area contributed by atoms with Crippen LogP contribution in [0, 0.1) is 0 Å². The molecule has 10 nitrogen and oxygen atoms in total. The van der Waals surface area contributed by atoms with Gasteiger partial charge in [0.25, 0.3) is 0 Å². The fraction of sp³-hybridized carbons (Fsp3) is 0.100. The second-order valence-electron chi connectivity index (χ2n) is 12.6. The number of fused-ring (bicyclic) bond motifs is 1. The number of carbonyl (C=O) groups excluding carboxylic acids is 2. The Morgan fingerprint density at radius 3 is 1.10 bits per heavy atom. The van der Waals surface area contributed by atoms with Crippen LogP contribution in [0.25, 0.3) is 10.8 Å². The van der Waals surface area contributed by atoms with Crippen LogP contribution in [-0.2, 0) is 29.8 Å². The van der Waals surface area contributed by atoms with Gasteiger partial charge in [-0.25, -0.2) is 0 Å². The standard InChI is InChI=1S/C40H30N2O8S2/c1-23(43)41-25-15-19-27(20-16-25)51(45,46)49-39-33-13-7-8-14-34(33)40(50-52(47,48)28-21-17-26(18-22-28)42-24(2)44)38-36-31-11-5-3-9-29(31)35(37(38)39)30-10-4-6-12-32(30)36/h3-22,35-36H,1-2H3,(H,41,43)(H,42,44). The number of hydrogen-bond donors (Lipinski definition) is 2. The average molecular weight is 731 g/mol. The molecule has 0 saturated heterocycles. The molecule has 12 heteroatoms. The van der Waals surface area contributed by atoms with Gasteiger partial charge in [0, 0.05) is 59.0 Å². The van der Waals surface area contributed by atoms with Gasteiger partial charge in [-0.15, -0.1) is 0 Å². The smallest absolute Gasteiger partial charge is 0.339 e. The molecule has 3 aliphatic rings. The molecule has 260 valence electrons. The minimum absolute atomic E-state index is 0.0694. The van der Waals surface area contributed by atoms with Crippen molar-refractivity contribution in [3.63, 3.8) is 0 Å². The molecular formula is C40H30N2O8S2. The molecule has 2 amide bonds. The van der Waals surface area contributed by atoms with Gasteiger partial charge in [0.2, 0.25) is 11.8 Å². The Bertz CT molecular complexity index is 2440. The maximum Gasteiger partial charge on any atom is 0.339 e. The zero-order chi connectivity index (χ0) is 36.4. The van der Waals surface area contributed by atoms with Gasteiger partial charge in [0.15, 0.2) is 11.5 Å². The minimum Gasteiger partial charge on any atom is -0.378 e. The predicted molar refractivity (Wildman–Crippen MR) is 196 cm³/mol. The van der Waals surface area contributed by atoms with Crippen LogP contribution < -0.4 is 19.0 Å². The molecule has 0 spiro atoms. The molecule has 52 heavy (non-hydrogen) atoms. The first-order valence-corrected chi connectivity index (χ1v) is 19.1. The predicted octanol–water partition coefficient (Wildman–Crippen LogP) is 7.28. The maximum absolute atomic E-state index is 14.1. The fourth-order valence-electron chi connectivity index (χ4n) is 7.33. The van der Waals surface area contributed by atoms with Crippen LogP contribution in [-0.4, -0.2) is 28.6 Å². The van der Waals surface area contributed by atoms with E-state index in [-0.39, 0.29) is 33.1 Å². The molecule has 2 bridgehead atoms. The highest BCUT2D eigenvalue weighted by molar-refractivity contribution is 7.87. The van der Waals surface area contributed by atoms with Crippen LogP contribution in [0.3, 0.4) is 0 Å². The van der Waals surface area contributed by atoms with Gasteiger partial charge in [-0.1, -0.05) is 72.8 Å². The normalized spacial score (nSPS) is 15.6. The van der Waals surface area contributed by atoms with Crippen molar-refractivity contribution in [3.05, 3.63) is 155 Å². The third-order valence-electron chi connectivity index (χ3n) is 9.32. The molecule has 3 aliphatic carbocycles. The van der Waals surface area contributed by atoms with E-state index < -0.39 is 32.1 Å². The van der Waals surface area contributed by atoms with E-state index in [1.54, 1.807) is 24.3 Å². The summed E-state index contributed by atoms with van der Waals surface area (Å²) in [6, 6.07) is 33.8. The fourth-order valence-corrected chi connectivity index (χ4v) is 9.26. The summed E-state index contributed by atoms with van der Waals surface area (Å²) in [4.78, 5) is 22.9. The van der Waals surface area contributed by atoms with Gasteiger partial charge in [0.05, 0.1) is 0 Å². The van der Waals surface area contributed by atoms with Crippen LogP contribution in [0.15, 0.2) is 131 Å². The molecule has 6 aromatic rings. The summed E-state index contributed by atoms with van der Waals surface area (Å²) in [7, 11) is -8.92. The van der Waals surface area contributed by atoms with Gasteiger partial charge in [-0.05, 0) is 70.8 Å². The molecule has 0 saturated carbocycles. The largest absolute Gasteiger partial charge is 0.378 e. The van der Waals surface area contributed by atoms with Gasteiger partial charge in [-0.2, -0.15) is 16.8 Å². The highest BCUT2D eigenvalue weighted by Crippen LogP contribution is 2.62.